The van der Waals surface area contributed by atoms with Gasteiger partial charge in [-0.05, 0) is 64.4 Å². The molecule has 7 heteroatoms. The summed E-state index contributed by atoms with van der Waals surface area (Å²) in [5.74, 6) is 1.44. The molecule has 0 unspecified atom stereocenters. The van der Waals surface area contributed by atoms with Crippen LogP contribution in [0.25, 0.3) is 5.69 Å². The van der Waals surface area contributed by atoms with Crippen molar-refractivity contribution in [3.8, 4) is 5.69 Å². The highest BCUT2D eigenvalue weighted by Gasteiger charge is 2.21. The molecule has 0 atom stereocenters. The fourth-order valence-corrected chi connectivity index (χ4v) is 5.36. The van der Waals surface area contributed by atoms with E-state index in [1.165, 1.54) is 31.0 Å². The number of aryl methyl sites for hydroxylation is 1. The van der Waals surface area contributed by atoms with Gasteiger partial charge in [0.15, 0.2) is 16.8 Å². The van der Waals surface area contributed by atoms with Crippen LogP contribution in [-0.2, 0) is 13.1 Å². The second-order valence-corrected chi connectivity index (χ2v) is 9.50. The number of Topliss-reactive ketones (excluding diaryl/α,β-unsaturated/α-hetero) is 1. The lowest BCUT2D eigenvalue weighted by molar-refractivity contribution is 0.102. The summed E-state index contributed by atoms with van der Waals surface area (Å²) in [5, 5.41) is 9.80. The third-order valence-electron chi connectivity index (χ3n) is 6.18. The summed E-state index contributed by atoms with van der Waals surface area (Å²) in [6, 6.07) is 12.3. The number of aromatic nitrogens is 4. The van der Waals surface area contributed by atoms with Crippen molar-refractivity contribution in [2.24, 2.45) is 0 Å². The number of thioether (sulfide) groups is 1. The zero-order chi connectivity index (χ0) is 22.5. The van der Waals surface area contributed by atoms with Crippen molar-refractivity contribution in [3.05, 3.63) is 59.2 Å². The van der Waals surface area contributed by atoms with Gasteiger partial charge in [0, 0.05) is 29.2 Å². The summed E-state index contributed by atoms with van der Waals surface area (Å²) in [5.41, 5.74) is 4.07. The summed E-state index contributed by atoms with van der Waals surface area (Å²) >= 11 is 1.48. The number of benzene rings is 1. The second-order valence-electron chi connectivity index (χ2n) is 8.55. The first-order chi connectivity index (χ1) is 15.6. The minimum Gasteiger partial charge on any atom is -0.348 e. The van der Waals surface area contributed by atoms with Crippen LogP contribution in [0, 0.1) is 13.8 Å². The van der Waals surface area contributed by atoms with E-state index in [-0.39, 0.29) is 5.78 Å². The number of para-hydroxylation sites is 1. The number of carbonyl (C=O) groups is 1. The summed E-state index contributed by atoms with van der Waals surface area (Å²) in [4.78, 5) is 15.5. The molecule has 3 heterocycles. The Labute approximate surface area is 195 Å². The van der Waals surface area contributed by atoms with Crippen LogP contribution >= 0.6 is 11.8 Å². The van der Waals surface area contributed by atoms with Crippen LogP contribution in [0.4, 0.5) is 0 Å². The first kappa shape index (κ1) is 22.8. The molecule has 0 radical (unpaired) electrons. The third kappa shape index (κ3) is 4.99. The maximum atomic E-state index is 13.1. The van der Waals surface area contributed by atoms with Gasteiger partial charge in [-0.2, -0.15) is 0 Å². The van der Waals surface area contributed by atoms with Crippen LogP contribution in [0.2, 0.25) is 0 Å². The van der Waals surface area contributed by atoms with E-state index in [4.69, 9.17) is 0 Å². The molecule has 1 fully saturated rings. The molecule has 0 amide bonds. The predicted octanol–water partition coefficient (Wildman–Crippen LogP) is 5.06. The Kier molecular flexibility index (Phi) is 7.48. The average Bonchev–Trinajstić information content (AvgIpc) is 3.34. The molecular weight excluding hydrogens is 418 g/mol. The lowest BCUT2D eigenvalue weighted by Crippen LogP contribution is -2.30. The third-order valence-corrected chi connectivity index (χ3v) is 7.11. The second kappa shape index (κ2) is 10.5. The van der Waals surface area contributed by atoms with Gasteiger partial charge in [-0.1, -0.05) is 43.3 Å². The number of carbonyl (C=O) groups excluding carboxylic acids is 1. The number of rotatable bonds is 9. The van der Waals surface area contributed by atoms with Crippen LogP contribution in [0.5, 0.6) is 0 Å². The molecule has 1 aliphatic heterocycles. The average molecular weight is 452 g/mol. The molecule has 0 spiro atoms. The van der Waals surface area contributed by atoms with Crippen molar-refractivity contribution >= 4 is 17.5 Å². The fraction of sp³-hybridized carbons (Fsp3) is 0.480. The Bertz CT molecular complexity index is 1050. The van der Waals surface area contributed by atoms with Crippen LogP contribution in [0.3, 0.4) is 0 Å². The molecule has 0 saturated carbocycles. The van der Waals surface area contributed by atoms with Gasteiger partial charge in [-0.15, -0.1) is 10.2 Å². The van der Waals surface area contributed by atoms with Gasteiger partial charge in [0.2, 0.25) is 0 Å². The maximum Gasteiger partial charge on any atom is 0.196 e. The molecule has 6 nitrogen and oxygen atoms in total. The molecule has 170 valence electrons. The fourth-order valence-electron chi connectivity index (χ4n) is 4.51. The lowest BCUT2D eigenvalue weighted by Gasteiger charge is -2.26. The van der Waals surface area contributed by atoms with Crippen molar-refractivity contribution in [2.75, 3.05) is 18.8 Å². The van der Waals surface area contributed by atoms with Crippen molar-refractivity contribution in [3.63, 3.8) is 0 Å². The number of hydrogen-bond acceptors (Lipinski definition) is 5. The highest BCUT2D eigenvalue weighted by molar-refractivity contribution is 7.99. The molecule has 32 heavy (non-hydrogen) atoms. The van der Waals surface area contributed by atoms with Gasteiger partial charge in [-0.3, -0.25) is 14.3 Å². The molecule has 0 bridgehead atoms. The van der Waals surface area contributed by atoms with E-state index in [1.54, 1.807) is 0 Å². The van der Waals surface area contributed by atoms with Crippen molar-refractivity contribution in [1.82, 2.24) is 24.2 Å². The molecule has 1 aromatic carbocycles. The molecule has 1 aliphatic rings. The Balaban J connectivity index is 1.54. The van der Waals surface area contributed by atoms with E-state index in [9.17, 15) is 4.79 Å². The van der Waals surface area contributed by atoms with E-state index in [0.717, 1.165) is 66.2 Å². The van der Waals surface area contributed by atoms with Gasteiger partial charge in [0.25, 0.3) is 0 Å². The summed E-state index contributed by atoms with van der Waals surface area (Å²) < 4.78 is 4.36. The van der Waals surface area contributed by atoms with E-state index in [1.807, 2.05) is 31.2 Å². The largest absolute Gasteiger partial charge is 0.348 e. The van der Waals surface area contributed by atoms with Gasteiger partial charge < -0.3 is 4.57 Å². The topological polar surface area (TPSA) is 56.0 Å². The van der Waals surface area contributed by atoms with Gasteiger partial charge in [0.1, 0.15) is 0 Å². The van der Waals surface area contributed by atoms with Crippen molar-refractivity contribution in [1.29, 1.82) is 0 Å². The smallest absolute Gasteiger partial charge is 0.196 e. The van der Waals surface area contributed by atoms with E-state index >= 15 is 0 Å². The van der Waals surface area contributed by atoms with Gasteiger partial charge in [-0.25, -0.2) is 0 Å². The molecule has 0 N–H and O–H groups in total. The first-order valence-corrected chi connectivity index (χ1v) is 12.6. The van der Waals surface area contributed by atoms with Crippen molar-refractivity contribution in [2.45, 2.75) is 64.7 Å². The number of ketones is 1. The molecule has 0 aliphatic carbocycles. The van der Waals surface area contributed by atoms with Crippen LogP contribution in [0.15, 0.2) is 41.6 Å². The standard InChI is InChI=1S/C25H33N5OS/c1-4-13-29-19(2)16-22(20(29)3)23(31)18-32-25-27-26-24(17-28-14-9-6-10-15-28)30(25)21-11-7-5-8-12-21/h5,7-8,11-12,16H,4,6,9-10,13-15,17-18H2,1-3H3. The molecule has 3 aromatic rings. The minimum atomic E-state index is 0.144. The summed E-state index contributed by atoms with van der Waals surface area (Å²) in [6.45, 7) is 10.2. The highest BCUT2D eigenvalue weighted by atomic mass is 32.2. The van der Waals surface area contributed by atoms with E-state index < -0.39 is 0 Å². The van der Waals surface area contributed by atoms with E-state index in [2.05, 4.69) is 50.2 Å². The Morgan fingerprint density at radius 1 is 1.06 bits per heavy atom. The molecule has 4 rings (SSSR count). The zero-order valence-electron chi connectivity index (χ0n) is 19.4. The Morgan fingerprint density at radius 2 is 1.81 bits per heavy atom. The Morgan fingerprint density at radius 3 is 2.53 bits per heavy atom. The molecule has 1 saturated heterocycles. The number of piperidine rings is 1. The van der Waals surface area contributed by atoms with Crippen LogP contribution in [0.1, 0.15) is 60.2 Å². The zero-order valence-corrected chi connectivity index (χ0v) is 20.2. The van der Waals surface area contributed by atoms with Gasteiger partial charge in [0.05, 0.1) is 12.3 Å². The number of nitrogens with zero attached hydrogens (tertiary/aromatic N) is 5. The normalized spacial score (nSPS) is 14.7. The summed E-state index contributed by atoms with van der Waals surface area (Å²) in [6.07, 6.45) is 4.85. The predicted molar refractivity (Wildman–Crippen MR) is 130 cm³/mol. The van der Waals surface area contributed by atoms with Crippen LogP contribution in [-0.4, -0.2) is 48.9 Å². The molecule has 2 aromatic heterocycles. The highest BCUT2D eigenvalue weighted by Crippen LogP contribution is 2.25. The van der Waals surface area contributed by atoms with Crippen LogP contribution < -0.4 is 0 Å². The maximum absolute atomic E-state index is 13.1. The summed E-state index contributed by atoms with van der Waals surface area (Å²) in [7, 11) is 0. The monoisotopic (exact) mass is 451 g/mol. The lowest BCUT2D eigenvalue weighted by atomic mass is 10.1. The van der Waals surface area contributed by atoms with Gasteiger partial charge >= 0.3 is 0 Å². The van der Waals surface area contributed by atoms with E-state index in [0.29, 0.717) is 5.75 Å². The quantitative estimate of drug-likeness (QED) is 0.336. The number of hydrogen-bond donors (Lipinski definition) is 0. The molecular formula is C25H33N5OS. The Hall–Kier alpha value is -2.38. The minimum absolute atomic E-state index is 0.144. The first-order valence-electron chi connectivity index (χ1n) is 11.6. The van der Waals surface area contributed by atoms with Crippen molar-refractivity contribution < 1.29 is 4.79 Å². The number of likely N-dealkylation sites (tertiary alicyclic amines) is 1. The SMILES string of the molecule is CCCn1c(C)cc(C(=O)CSc2nnc(CN3CCCCC3)n2-c2ccccc2)c1C.